The van der Waals surface area contributed by atoms with Gasteiger partial charge in [0.05, 0.1) is 0 Å². The Bertz CT molecular complexity index is 311. The Morgan fingerprint density at radius 3 is 2.67 bits per heavy atom. The first kappa shape index (κ1) is 10.2. The Morgan fingerprint density at radius 1 is 1.27 bits per heavy atom. The van der Waals surface area contributed by atoms with E-state index in [1.807, 2.05) is 13.0 Å². The number of hydrogen-bond donors (Lipinski definition) is 2. The zero-order valence-corrected chi connectivity index (χ0v) is 9.16. The van der Waals surface area contributed by atoms with Crippen molar-refractivity contribution in [2.45, 2.75) is 45.1 Å². The zero-order chi connectivity index (χ0) is 10.7. The molecule has 0 radical (unpaired) electrons. The molecule has 0 amide bonds. The Balaban J connectivity index is 2.02. The van der Waals surface area contributed by atoms with E-state index in [4.69, 9.17) is 5.73 Å². The SMILES string of the molecule is Cc1cc(NC2CCCCC2)nc(N)n1. The number of aryl methyl sites for hydroxylation is 1. The summed E-state index contributed by atoms with van der Waals surface area (Å²) in [5.74, 6) is 1.22. The van der Waals surface area contributed by atoms with Crippen molar-refractivity contribution in [3.05, 3.63) is 11.8 Å². The summed E-state index contributed by atoms with van der Waals surface area (Å²) in [6.07, 6.45) is 6.48. The maximum absolute atomic E-state index is 5.60. The molecule has 2 rings (SSSR count). The van der Waals surface area contributed by atoms with E-state index in [0.717, 1.165) is 11.5 Å². The molecule has 82 valence electrons. The molecule has 0 unspecified atom stereocenters. The molecular weight excluding hydrogens is 188 g/mol. The second-order valence-electron chi connectivity index (χ2n) is 4.23. The predicted molar refractivity (Wildman–Crippen MR) is 61.7 cm³/mol. The number of rotatable bonds is 2. The van der Waals surface area contributed by atoms with Gasteiger partial charge in [0.25, 0.3) is 0 Å². The molecule has 1 aliphatic rings. The fraction of sp³-hybridized carbons (Fsp3) is 0.636. The van der Waals surface area contributed by atoms with Gasteiger partial charge in [0.15, 0.2) is 0 Å². The average Bonchev–Trinajstić information content (AvgIpc) is 2.17. The van der Waals surface area contributed by atoms with Crippen LogP contribution in [0.2, 0.25) is 0 Å². The number of hydrogen-bond acceptors (Lipinski definition) is 4. The quantitative estimate of drug-likeness (QED) is 0.778. The van der Waals surface area contributed by atoms with Crippen molar-refractivity contribution in [3.8, 4) is 0 Å². The van der Waals surface area contributed by atoms with Crippen LogP contribution in [0.15, 0.2) is 6.07 Å². The number of nitrogen functional groups attached to an aromatic ring is 1. The summed E-state index contributed by atoms with van der Waals surface area (Å²) in [5.41, 5.74) is 6.52. The second-order valence-corrected chi connectivity index (χ2v) is 4.23. The molecule has 3 N–H and O–H groups in total. The molecule has 1 heterocycles. The van der Waals surface area contributed by atoms with Gasteiger partial charge in [-0.15, -0.1) is 0 Å². The molecule has 1 aromatic heterocycles. The Labute approximate surface area is 90.3 Å². The Hall–Kier alpha value is -1.32. The minimum atomic E-state index is 0.355. The van der Waals surface area contributed by atoms with E-state index < -0.39 is 0 Å². The summed E-state index contributed by atoms with van der Waals surface area (Å²) < 4.78 is 0. The maximum atomic E-state index is 5.60. The fourth-order valence-electron chi connectivity index (χ4n) is 2.12. The average molecular weight is 206 g/mol. The number of aromatic nitrogens is 2. The first-order valence-electron chi connectivity index (χ1n) is 5.62. The summed E-state index contributed by atoms with van der Waals surface area (Å²) in [7, 11) is 0. The van der Waals surface area contributed by atoms with Crippen molar-refractivity contribution in [3.63, 3.8) is 0 Å². The highest BCUT2D eigenvalue weighted by Crippen LogP contribution is 2.21. The van der Waals surface area contributed by atoms with Gasteiger partial charge in [0.1, 0.15) is 5.82 Å². The van der Waals surface area contributed by atoms with Crippen molar-refractivity contribution < 1.29 is 0 Å². The number of nitrogens with one attached hydrogen (secondary N) is 1. The van der Waals surface area contributed by atoms with E-state index in [1.165, 1.54) is 32.1 Å². The van der Waals surface area contributed by atoms with Crippen LogP contribution in [0.5, 0.6) is 0 Å². The highest BCUT2D eigenvalue weighted by Gasteiger charge is 2.13. The summed E-state index contributed by atoms with van der Waals surface area (Å²) in [6, 6.07) is 2.51. The molecule has 1 aliphatic carbocycles. The molecule has 0 spiro atoms. The zero-order valence-electron chi connectivity index (χ0n) is 9.16. The highest BCUT2D eigenvalue weighted by molar-refractivity contribution is 5.41. The van der Waals surface area contributed by atoms with Crippen LogP contribution in [0, 0.1) is 6.92 Å². The van der Waals surface area contributed by atoms with Gasteiger partial charge in [0, 0.05) is 17.8 Å². The van der Waals surface area contributed by atoms with E-state index >= 15 is 0 Å². The van der Waals surface area contributed by atoms with Crippen LogP contribution in [0.3, 0.4) is 0 Å². The summed E-state index contributed by atoms with van der Waals surface area (Å²) in [6.45, 7) is 1.93. The molecule has 0 bridgehead atoms. The van der Waals surface area contributed by atoms with Gasteiger partial charge in [-0.2, -0.15) is 4.98 Å². The van der Waals surface area contributed by atoms with Gasteiger partial charge in [0.2, 0.25) is 5.95 Å². The van der Waals surface area contributed by atoms with Crippen molar-refractivity contribution in [2.24, 2.45) is 0 Å². The predicted octanol–water partition coefficient (Wildman–Crippen LogP) is 2.11. The lowest BCUT2D eigenvalue weighted by atomic mass is 9.95. The number of nitrogens with two attached hydrogens (primary N) is 1. The van der Waals surface area contributed by atoms with Gasteiger partial charge in [-0.25, -0.2) is 4.98 Å². The molecular formula is C11H18N4. The van der Waals surface area contributed by atoms with Crippen molar-refractivity contribution in [2.75, 3.05) is 11.1 Å². The van der Waals surface area contributed by atoms with Gasteiger partial charge in [-0.1, -0.05) is 19.3 Å². The molecule has 0 atom stereocenters. The molecule has 0 saturated heterocycles. The summed E-state index contributed by atoms with van der Waals surface area (Å²) in [4.78, 5) is 8.24. The number of nitrogens with zero attached hydrogens (tertiary/aromatic N) is 2. The molecule has 1 fully saturated rings. The molecule has 4 heteroatoms. The Kier molecular flexibility index (Phi) is 3.04. The third kappa shape index (κ3) is 2.81. The third-order valence-electron chi connectivity index (χ3n) is 2.83. The van der Waals surface area contributed by atoms with Crippen LogP contribution in [0.1, 0.15) is 37.8 Å². The van der Waals surface area contributed by atoms with Gasteiger partial charge < -0.3 is 11.1 Å². The van der Waals surface area contributed by atoms with E-state index in [9.17, 15) is 0 Å². The summed E-state index contributed by atoms with van der Waals surface area (Å²) >= 11 is 0. The number of anilines is 2. The monoisotopic (exact) mass is 206 g/mol. The van der Waals surface area contributed by atoms with E-state index in [2.05, 4.69) is 15.3 Å². The van der Waals surface area contributed by atoms with Crippen molar-refractivity contribution in [1.82, 2.24) is 9.97 Å². The van der Waals surface area contributed by atoms with Crippen LogP contribution < -0.4 is 11.1 Å². The largest absolute Gasteiger partial charge is 0.368 e. The minimum Gasteiger partial charge on any atom is -0.368 e. The lowest BCUT2D eigenvalue weighted by molar-refractivity contribution is 0.462. The summed E-state index contributed by atoms with van der Waals surface area (Å²) in [5, 5.41) is 3.43. The molecule has 4 nitrogen and oxygen atoms in total. The molecule has 1 saturated carbocycles. The molecule has 1 aromatic rings. The van der Waals surface area contributed by atoms with Crippen LogP contribution in [-0.4, -0.2) is 16.0 Å². The molecule has 0 aliphatic heterocycles. The Morgan fingerprint density at radius 2 is 2.00 bits per heavy atom. The lowest BCUT2D eigenvalue weighted by Gasteiger charge is -2.23. The van der Waals surface area contributed by atoms with Crippen molar-refractivity contribution in [1.29, 1.82) is 0 Å². The normalized spacial score (nSPS) is 17.7. The lowest BCUT2D eigenvalue weighted by Crippen LogP contribution is -2.23. The van der Waals surface area contributed by atoms with Gasteiger partial charge >= 0.3 is 0 Å². The molecule has 0 aromatic carbocycles. The standard InChI is InChI=1S/C11H18N4/c1-8-7-10(15-11(12)13-8)14-9-5-3-2-4-6-9/h7,9H,2-6H2,1H3,(H3,12,13,14,15). The first-order chi connectivity index (χ1) is 7.24. The van der Waals surface area contributed by atoms with Gasteiger partial charge in [-0.05, 0) is 19.8 Å². The van der Waals surface area contributed by atoms with E-state index in [1.54, 1.807) is 0 Å². The maximum Gasteiger partial charge on any atom is 0.222 e. The topological polar surface area (TPSA) is 63.8 Å². The van der Waals surface area contributed by atoms with E-state index in [0.29, 0.717) is 12.0 Å². The van der Waals surface area contributed by atoms with E-state index in [-0.39, 0.29) is 0 Å². The first-order valence-corrected chi connectivity index (χ1v) is 5.62. The van der Waals surface area contributed by atoms with Crippen LogP contribution in [0.25, 0.3) is 0 Å². The van der Waals surface area contributed by atoms with Crippen molar-refractivity contribution >= 4 is 11.8 Å². The van der Waals surface area contributed by atoms with Crippen LogP contribution >= 0.6 is 0 Å². The highest BCUT2D eigenvalue weighted by atomic mass is 15.1. The smallest absolute Gasteiger partial charge is 0.222 e. The van der Waals surface area contributed by atoms with Gasteiger partial charge in [-0.3, -0.25) is 0 Å². The fourth-order valence-corrected chi connectivity index (χ4v) is 2.12. The second kappa shape index (κ2) is 4.47. The minimum absolute atomic E-state index is 0.355. The van der Waals surface area contributed by atoms with Crippen LogP contribution in [0.4, 0.5) is 11.8 Å². The third-order valence-corrected chi connectivity index (χ3v) is 2.83. The molecule has 15 heavy (non-hydrogen) atoms. The van der Waals surface area contributed by atoms with Crippen LogP contribution in [-0.2, 0) is 0 Å².